The number of carbonyl (C=O) groups is 2. The smallest absolute Gasteiger partial charge is 0.246 e. The SMILES string of the molecule is CNC(C)C(=O)NC(C(=O)N1Cc2ccccc2CC1CNCCc1ccccc1)C(C)(C)C. The zero-order valence-corrected chi connectivity index (χ0v) is 21.2. The van der Waals surface area contributed by atoms with Crippen LogP contribution in [0.1, 0.15) is 44.4 Å². The highest BCUT2D eigenvalue weighted by atomic mass is 16.2. The van der Waals surface area contributed by atoms with Crippen molar-refractivity contribution in [3.05, 3.63) is 71.3 Å². The lowest BCUT2D eigenvalue weighted by Gasteiger charge is -2.42. The molecular weight excluding hydrogens is 424 g/mol. The van der Waals surface area contributed by atoms with Crippen LogP contribution in [0, 0.1) is 5.41 Å². The molecule has 1 heterocycles. The van der Waals surface area contributed by atoms with Gasteiger partial charge in [0.1, 0.15) is 6.04 Å². The first kappa shape index (κ1) is 25.9. The molecule has 0 bridgehead atoms. The Morgan fingerprint density at radius 1 is 1.03 bits per heavy atom. The van der Waals surface area contributed by atoms with Gasteiger partial charge in [0.25, 0.3) is 0 Å². The molecular formula is C28H40N4O2. The van der Waals surface area contributed by atoms with Crippen molar-refractivity contribution in [2.75, 3.05) is 20.1 Å². The standard InChI is InChI=1S/C28H40N4O2/c1-20(29-5)26(33)31-25(28(2,3)4)27(34)32-19-23-14-10-9-13-22(23)17-24(32)18-30-16-15-21-11-7-6-8-12-21/h6-14,20,24-25,29-30H,15-19H2,1-5H3,(H,31,33). The molecule has 1 aliphatic rings. The molecule has 6 heteroatoms. The van der Waals surface area contributed by atoms with E-state index in [4.69, 9.17) is 0 Å². The summed E-state index contributed by atoms with van der Waals surface area (Å²) < 4.78 is 0. The van der Waals surface area contributed by atoms with Gasteiger partial charge in [0.05, 0.1) is 6.04 Å². The second-order valence-electron chi connectivity index (χ2n) is 10.4. The Hall–Kier alpha value is -2.70. The number of hydrogen-bond acceptors (Lipinski definition) is 4. The zero-order chi connectivity index (χ0) is 24.7. The van der Waals surface area contributed by atoms with Crippen molar-refractivity contribution in [1.29, 1.82) is 0 Å². The number of amides is 2. The van der Waals surface area contributed by atoms with Crippen LogP contribution in [-0.2, 0) is 29.0 Å². The predicted molar refractivity (Wildman–Crippen MR) is 137 cm³/mol. The minimum Gasteiger partial charge on any atom is -0.342 e. The van der Waals surface area contributed by atoms with E-state index in [9.17, 15) is 9.59 Å². The summed E-state index contributed by atoms with van der Waals surface area (Å²) in [6.45, 7) is 9.94. The molecule has 0 radical (unpaired) electrons. The fourth-order valence-corrected chi connectivity index (χ4v) is 4.39. The summed E-state index contributed by atoms with van der Waals surface area (Å²) in [5, 5.41) is 9.56. The summed E-state index contributed by atoms with van der Waals surface area (Å²) in [4.78, 5) is 28.6. The van der Waals surface area contributed by atoms with Gasteiger partial charge >= 0.3 is 0 Å². The Morgan fingerprint density at radius 2 is 1.68 bits per heavy atom. The number of hydrogen-bond donors (Lipinski definition) is 3. The maximum atomic E-state index is 13.9. The number of carbonyl (C=O) groups excluding carboxylic acids is 2. The van der Waals surface area contributed by atoms with Crippen LogP contribution in [0.4, 0.5) is 0 Å². The normalized spacial score (nSPS) is 17.6. The average Bonchev–Trinajstić information content (AvgIpc) is 2.83. The largest absolute Gasteiger partial charge is 0.342 e. The van der Waals surface area contributed by atoms with Gasteiger partial charge in [-0.05, 0) is 55.5 Å². The van der Waals surface area contributed by atoms with Gasteiger partial charge < -0.3 is 20.9 Å². The van der Waals surface area contributed by atoms with Crippen molar-refractivity contribution < 1.29 is 9.59 Å². The van der Waals surface area contributed by atoms with Crippen molar-refractivity contribution >= 4 is 11.8 Å². The second kappa shape index (κ2) is 11.6. The summed E-state index contributed by atoms with van der Waals surface area (Å²) in [6.07, 6.45) is 1.75. The predicted octanol–water partition coefficient (Wildman–Crippen LogP) is 2.91. The molecule has 0 aromatic heterocycles. The number of likely N-dealkylation sites (N-methyl/N-ethyl adjacent to an activating group) is 1. The molecule has 34 heavy (non-hydrogen) atoms. The molecule has 0 aliphatic carbocycles. The van der Waals surface area contributed by atoms with Crippen LogP contribution < -0.4 is 16.0 Å². The quantitative estimate of drug-likeness (QED) is 0.499. The Labute approximate surface area is 204 Å². The van der Waals surface area contributed by atoms with Crippen LogP contribution in [0.3, 0.4) is 0 Å². The van der Waals surface area contributed by atoms with E-state index >= 15 is 0 Å². The van der Waals surface area contributed by atoms with Crippen LogP contribution in [0.5, 0.6) is 0 Å². The number of fused-ring (bicyclic) bond motifs is 1. The molecule has 184 valence electrons. The van der Waals surface area contributed by atoms with Crippen LogP contribution in [0.15, 0.2) is 54.6 Å². The molecule has 2 aromatic carbocycles. The van der Waals surface area contributed by atoms with E-state index in [0.717, 1.165) is 19.4 Å². The lowest BCUT2D eigenvalue weighted by molar-refractivity contribution is -0.142. The number of nitrogens with zero attached hydrogens (tertiary/aromatic N) is 1. The van der Waals surface area contributed by atoms with Gasteiger partial charge in [-0.15, -0.1) is 0 Å². The van der Waals surface area contributed by atoms with E-state index in [0.29, 0.717) is 13.1 Å². The molecule has 0 saturated heterocycles. The van der Waals surface area contributed by atoms with Gasteiger partial charge in [0, 0.05) is 19.1 Å². The lowest BCUT2D eigenvalue weighted by Crippen LogP contribution is -2.60. The maximum absolute atomic E-state index is 13.9. The molecule has 3 rings (SSSR count). The highest BCUT2D eigenvalue weighted by Gasteiger charge is 2.40. The van der Waals surface area contributed by atoms with Crippen LogP contribution in [0.25, 0.3) is 0 Å². The van der Waals surface area contributed by atoms with E-state index in [1.165, 1.54) is 16.7 Å². The Kier molecular flexibility index (Phi) is 8.86. The van der Waals surface area contributed by atoms with Crippen molar-refractivity contribution in [1.82, 2.24) is 20.9 Å². The molecule has 6 nitrogen and oxygen atoms in total. The molecule has 2 aromatic rings. The first-order valence-electron chi connectivity index (χ1n) is 12.3. The van der Waals surface area contributed by atoms with E-state index in [-0.39, 0.29) is 23.9 Å². The highest BCUT2D eigenvalue weighted by Crippen LogP contribution is 2.28. The van der Waals surface area contributed by atoms with Crippen molar-refractivity contribution in [2.24, 2.45) is 5.41 Å². The average molecular weight is 465 g/mol. The lowest BCUT2D eigenvalue weighted by atomic mass is 9.84. The molecule has 3 unspecified atom stereocenters. The first-order chi connectivity index (χ1) is 16.2. The maximum Gasteiger partial charge on any atom is 0.246 e. The minimum atomic E-state index is -0.604. The van der Waals surface area contributed by atoms with Gasteiger partial charge in [-0.2, -0.15) is 0 Å². The third-order valence-corrected chi connectivity index (χ3v) is 6.68. The first-order valence-corrected chi connectivity index (χ1v) is 12.3. The van der Waals surface area contributed by atoms with E-state index in [2.05, 4.69) is 58.4 Å². The molecule has 1 aliphatic heterocycles. The molecule has 2 amide bonds. The molecule has 0 fully saturated rings. The monoisotopic (exact) mass is 464 g/mol. The summed E-state index contributed by atoms with van der Waals surface area (Å²) in [5.74, 6) is -0.181. The number of benzene rings is 2. The van der Waals surface area contributed by atoms with Crippen molar-refractivity contribution in [3.8, 4) is 0 Å². The number of nitrogens with one attached hydrogen (secondary N) is 3. The summed E-state index contributed by atoms with van der Waals surface area (Å²) in [7, 11) is 1.75. The molecule has 0 spiro atoms. The third-order valence-electron chi connectivity index (χ3n) is 6.68. The Bertz CT molecular complexity index is 954. The van der Waals surface area contributed by atoms with Gasteiger partial charge in [0.15, 0.2) is 0 Å². The van der Waals surface area contributed by atoms with E-state index in [1.54, 1.807) is 14.0 Å². The van der Waals surface area contributed by atoms with Gasteiger partial charge in [-0.1, -0.05) is 75.4 Å². The minimum absolute atomic E-state index is 0.0199. The van der Waals surface area contributed by atoms with Crippen LogP contribution in [-0.4, -0.2) is 55.0 Å². The van der Waals surface area contributed by atoms with Crippen molar-refractivity contribution in [2.45, 2.75) is 65.2 Å². The topological polar surface area (TPSA) is 73.5 Å². The fraction of sp³-hybridized carbons (Fsp3) is 0.500. The van der Waals surface area contributed by atoms with Gasteiger partial charge in [0.2, 0.25) is 11.8 Å². The third kappa shape index (κ3) is 6.67. The highest BCUT2D eigenvalue weighted by molar-refractivity contribution is 5.90. The summed E-state index contributed by atoms with van der Waals surface area (Å²) >= 11 is 0. The zero-order valence-electron chi connectivity index (χ0n) is 21.2. The number of rotatable bonds is 9. The van der Waals surface area contributed by atoms with Crippen LogP contribution in [0.2, 0.25) is 0 Å². The van der Waals surface area contributed by atoms with Crippen LogP contribution >= 0.6 is 0 Å². The molecule has 3 N–H and O–H groups in total. The molecule has 3 atom stereocenters. The van der Waals surface area contributed by atoms with Gasteiger partial charge in [-0.25, -0.2) is 0 Å². The van der Waals surface area contributed by atoms with Gasteiger partial charge in [-0.3, -0.25) is 9.59 Å². The van der Waals surface area contributed by atoms with Crippen molar-refractivity contribution in [3.63, 3.8) is 0 Å². The summed E-state index contributed by atoms with van der Waals surface area (Å²) in [6, 6.07) is 17.8. The Balaban J connectivity index is 1.76. The fourth-order valence-electron chi connectivity index (χ4n) is 4.39. The summed E-state index contributed by atoms with van der Waals surface area (Å²) in [5.41, 5.74) is 3.36. The van der Waals surface area contributed by atoms with E-state index < -0.39 is 11.5 Å². The second-order valence-corrected chi connectivity index (χ2v) is 10.4. The molecule has 0 saturated carbocycles. The Morgan fingerprint density at radius 3 is 2.32 bits per heavy atom. The van der Waals surface area contributed by atoms with E-state index in [1.807, 2.05) is 37.8 Å².